The Hall–Kier alpha value is -1.76. The summed E-state index contributed by atoms with van der Waals surface area (Å²) in [6, 6.07) is 5.94. The van der Waals surface area contributed by atoms with Crippen LogP contribution in [0, 0.1) is 0 Å². The van der Waals surface area contributed by atoms with Crippen molar-refractivity contribution in [3.8, 4) is 11.5 Å². The van der Waals surface area contributed by atoms with Crippen LogP contribution in [0.5, 0.6) is 11.5 Å². The zero-order valence-corrected chi connectivity index (χ0v) is 33.4. The molecule has 2 aromatic heterocycles. The van der Waals surface area contributed by atoms with Crippen LogP contribution >= 0.6 is 69.6 Å². The summed E-state index contributed by atoms with van der Waals surface area (Å²) in [6.45, 7) is 6.57. The van der Waals surface area contributed by atoms with Crippen molar-refractivity contribution in [2.24, 2.45) is 0 Å². The second-order valence-corrected chi connectivity index (χ2v) is 12.1. The minimum absolute atomic E-state index is 0. The van der Waals surface area contributed by atoms with Crippen LogP contribution in [0.2, 0.25) is 30.1 Å². The monoisotopic (exact) mass is 875 g/mol. The van der Waals surface area contributed by atoms with Crippen LogP contribution in [0.15, 0.2) is 61.7 Å². The number of rotatable bonds is 12. The van der Waals surface area contributed by atoms with Gasteiger partial charge in [0.1, 0.15) is 25.9 Å². The maximum absolute atomic E-state index is 12.3. The molecule has 0 saturated carbocycles. The largest absolute Gasteiger partial charge is 2.00 e. The van der Waals surface area contributed by atoms with E-state index in [0.29, 0.717) is 67.8 Å². The van der Waals surface area contributed by atoms with Gasteiger partial charge in [0.2, 0.25) is 0 Å². The molecule has 2 heterocycles. The molecule has 1 radical (unpaired) electrons. The number of imidazole rings is 2. The van der Waals surface area contributed by atoms with Gasteiger partial charge in [0.15, 0.2) is 11.5 Å². The molecular weight excluding hydrogens is 847 g/mol. The number of amides is 2. The first-order valence-corrected chi connectivity index (χ1v) is 16.4. The molecule has 0 N–H and O–H groups in total. The van der Waals surface area contributed by atoms with Crippen molar-refractivity contribution < 1.29 is 60.9 Å². The molecule has 0 atom stereocenters. The summed E-state index contributed by atoms with van der Waals surface area (Å²) in [5.74, 6) is 0.730. The van der Waals surface area contributed by atoms with Crippen molar-refractivity contribution in [3.63, 3.8) is 0 Å². The van der Waals surface area contributed by atoms with E-state index in [1.807, 2.05) is 13.8 Å². The Morgan fingerprint density at radius 3 is 1.22 bits per heavy atom. The van der Waals surface area contributed by atoms with Gasteiger partial charge in [-0.3, -0.25) is 9.13 Å². The Kier molecular flexibility index (Phi) is 23.6. The number of ether oxygens (including phenoxy) is 2. The molecule has 4 rings (SSSR count). The van der Waals surface area contributed by atoms with E-state index >= 15 is 0 Å². The fraction of sp³-hybridized carbons (Fsp3) is 0.333. The molecule has 0 aliphatic rings. The Morgan fingerprint density at radius 1 is 0.633 bits per heavy atom. The van der Waals surface area contributed by atoms with Crippen LogP contribution in [0.3, 0.4) is 0 Å². The fourth-order valence-electron chi connectivity index (χ4n) is 4.07. The van der Waals surface area contributed by atoms with E-state index in [2.05, 4.69) is 9.97 Å². The molecule has 2 aromatic carbocycles. The fourth-order valence-corrected chi connectivity index (χ4v) is 5.92. The van der Waals surface area contributed by atoms with Gasteiger partial charge in [-0.1, -0.05) is 83.5 Å². The molecule has 0 fully saturated rings. The Balaban J connectivity index is 0.000000886. The third kappa shape index (κ3) is 14.8. The second kappa shape index (κ2) is 24.4. The summed E-state index contributed by atoms with van der Waals surface area (Å²) in [5, 5.41) is 2.23. The van der Waals surface area contributed by atoms with Gasteiger partial charge in [0.05, 0.1) is 33.2 Å². The third-order valence-electron chi connectivity index (χ3n) is 6.12. The van der Waals surface area contributed by atoms with Crippen LogP contribution < -0.4 is 34.3 Å². The predicted molar refractivity (Wildman–Crippen MR) is 184 cm³/mol. The molecule has 0 aliphatic heterocycles. The van der Waals surface area contributed by atoms with Gasteiger partial charge >= 0.3 is 29.1 Å². The zero-order valence-electron chi connectivity index (χ0n) is 26.1. The molecule has 0 saturated heterocycles. The number of hydrogen-bond acceptors (Lipinski definition) is 6. The Bertz CT molecular complexity index is 1410. The van der Waals surface area contributed by atoms with E-state index < -0.39 is 0 Å². The van der Waals surface area contributed by atoms with Gasteiger partial charge in [-0.15, -0.1) is 0 Å². The summed E-state index contributed by atoms with van der Waals surface area (Å²) < 4.78 is 14.1. The van der Waals surface area contributed by atoms with E-state index in [1.165, 1.54) is 21.8 Å². The van der Waals surface area contributed by atoms with Crippen LogP contribution in [0.4, 0.5) is 9.59 Å². The SMILES string of the molecule is CCCN(CCOc1c(Cl)cc(Cl)cc1Cl)C(=O)n1ccnc1.CCCN(CCOc1c(Cl)cc(Cl)cc1Cl)C(=O)n1ccnc1.[Cl-].[Cl-].[Mn+2]. The molecule has 10 nitrogen and oxygen atoms in total. The summed E-state index contributed by atoms with van der Waals surface area (Å²) >= 11 is 36.0. The molecule has 19 heteroatoms. The number of carbonyl (C=O) groups excluding carboxylic acids is 2. The number of carbonyl (C=O) groups is 2. The van der Waals surface area contributed by atoms with E-state index in [4.69, 9.17) is 79.1 Å². The second-order valence-electron chi connectivity index (χ2n) is 9.57. The number of aromatic nitrogens is 4. The summed E-state index contributed by atoms with van der Waals surface area (Å²) in [7, 11) is 0. The molecule has 49 heavy (non-hydrogen) atoms. The molecular formula is C30H32Cl8MnN6O4. The topological polar surface area (TPSA) is 94.7 Å². The van der Waals surface area contributed by atoms with Crippen molar-refractivity contribution >= 4 is 81.7 Å². The summed E-state index contributed by atoms with van der Waals surface area (Å²) in [5.41, 5.74) is 0. The van der Waals surface area contributed by atoms with Crippen molar-refractivity contribution in [3.05, 3.63) is 91.8 Å². The van der Waals surface area contributed by atoms with Crippen molar-refractivity contribution in [1.82, 2.24) is 28.9 Å². The Labute approximate surface area is 338 Å². The van der Waals surface area contributed by atoms with E-state index in [0.717, 1.165) is 12.8 Å². The molecule has 2 amide bonds. The van der Waals surface area contributed by atoms with Crippen molar-refractivity contribution in [2.45, 2.75) is 26.7 Å². The standard InChI is InChI=1S/2C15H16Cl3N3O2.2ClH.Mn/c2*1-2-4-20(15(22)21-5-3-19-10-21)6-7-23-14-12(17)8-11(16)9-13(14)18;;;/h2*3,5,8-10H,2,4,6-7H2,1H3;2*1H;/q;;;;+2/p-2. The normalized spacial score (nSPS) is 9.96. The van der Waals surface area contributed by atoms with Gasteiger partial charge < -0.3 is 44.1 Å². The van der Waals surface area contributed by atoms with Gasteiger partial charge in [0.25, 0.3) is 0 Å². The van der Waals surface area contributed by atoms with Crippen LogP contribution in [-0.2, 0) is 17.1 Å². The minimum atomic E-state index is -0.152. The van der Waals surface area contributed by atoms with Gasteiger partial charge in [-0.2, -0.15) is 0 Å². The molecule has 0 aliphatic carbocycles. The molecule has 269 valence electrons. The van der Waals surface area contributed by atoms with Gasteiger partial charge in [-0.25, -0.2) is 19.6 Å². The third-order valence-corrected chi connectivity index (χ3v) is 7.68. The molecule has 0 spiro atoms. The maximum atomic E-state index is 12.3. The average molecular weight is 879 g/mol. The summed E-state index contributed by atoms with van der Waals surface area (Å²) in [6.07, 6.45) is 11.0. The van der Waals surface area contributed by atoms with E-state index in [-0.39, 0.29) is 67.2 Å². The van der Waals surface area contributed by atoms with Crippen molar-refractivity contribution in [1.29, 1.82) is 0 Å². The van der Waals surface area contributed by atoms with Crippen molar-refractivity contribution in [2.75, 3.05) is 39.4 Å². The first-order chi connectivity index (χ1) is 22.0. The average Bonchev–Trinajstić information content (AvgIpc) is 3.74. The number of halogens is 8. The van der Waals surface area contributed by atoms with E-state index in [1.54, 1.807) is 58.9 Å². The van der Waals surface area contributed by atoms with Gasteiger partial charge in [0, 0.05) is 47.9 Å². The quantitative estimate of drug-likeness (QED) is 0.203. The number of nitrogens with zero attached hydrogens (tertiary/aromatic N) is 6. The smallest absolute Gasteiger partial charge is 1.00 e. The predicted octanol–water partition coefficient (Wildman–Crippen LogP) is 3.21. The Morgan fingerprint density at radius 2 is 0.959 bits per heavy atom. The maximum Gasteiger partial charge on any atom is 2.00 e. The number of benzene rings is 2. The first-order valence-electron chi connectivity index (χ1n) is 14.1. The summed E-state index contributed by atoms with van der Waals surface area (Å²) in [4.78, 5) is 35.8. The molecule has 4 aromatic rings. The molecule has 0 unspecified atom stereocenters. The zero-order chi connectivity index (χ0) is 33.6. The number of hydrogen-bond donors (Lipinski definition) is 0. The molecule has 0 bridgehead atoms. The first kappa shape index (κ1) is 47.2. The van der Waals surface area contributed by atoms with Gasteiger partial charge in [-0.05, 0) is 37.1 Å². The van der Waals surface area contributed by atoms with E-state index in [9.17, 15) is 9.59 Å². The van der Waals surface area contributed by atoms with Crippen LogP contribution in [0.25, 0.3) is 0 Å². The van der Waals surface area contributed by atoms with Crippen LogP contribution in [0.1, 0.15) is 26.7 Å². The van der Waals surface area contributed by atoms with Crippen LogP contribution in [-0.4, -0.2) is 80.4 Å². The minimum Gasteiger partial charge on any atom is -1.00 e.